The first-order valence-electron chi connectivity index (χ1n) is 3.94. The highest BCUT2D eigenvalue weighted by Crippen LogP contribution is 2.31. The molecule has 0 spiro atoms. The summed E-state index contributed by atoms with van der Waals surface area (Å²) in [5.74, 6) is 0.289. The lowest BCUT2D eigenvalue weighted by atomic mass is 10.1. The van der Waals surface area contributed by atoms with Gasteiger partial charge in [-0.1, -0.05) is 0 Å². The van der Waals surface area contributed by atoms with Crippen LogP contribution in [-0.4, -0.2) is 28.4 Å². The Labute approximate surface area is 70.2 Å². The Kier molecular flexibility index (Phi) is 1.34. The molecule has 0 saturated carbocycles. The molecule has 1 atom stereocenters. The summed E-state index contributed by atoms with van der Waals surface area (Å²) in [6, 6.07) is 1.78. The Morgan fingerprint density at radius 3 is 3.00 bits per heavy atom. The van der Waals surface area contributed by atoms with Crippen molar-refractivity contribution in [1.29, 1.82) is 10.7 Å². The van der Waals surface area contributed by atoms with Crippen molar-refractivity contribution in [3.05, 3.63) is 11.3 Å². The van der Waals surface area contributed by atoms with Crippen LogP contribution in [-0.2, 0) is 0 Å². The third kappa shape index (κ3) is 0.681. The summed E-state index contributed by atoms with van der Waals surface area (Å²) in [6.07, 6.45) is 1.86. The summed E-state index contributed by atoms with van der Waals surface area (Å²) in [7, 11) is 0. The Hall–Kier alpha value is -1.50. The summed E-state index contributed by atoms with van der Waals surface area (Å²) in [5.41, 5.74) is 0.153. The molecule has 2 rings (SSSR count). The summed E-state index contributed by atoms with van der Waals surface area (Å²) < 4.78 is 0. The average molecular weight is 163 g/mol. The van der Waals surface area contributed by atoms with E-state index < -0.39 is 0 Å². The normalized spacial score (nSPS) is 27.8. The lowest BCUT2D eigenvalue weighted by molar-refractivity contribution is 0.311. The highest BCUT2D eigenvalue weighted by molar-refractivity contribution is 6.03. The number of hydrogen-bond acceptors (Lipinski definition) is 3. The minimum atomic E-state index is -0.0767. The van der Waals surface area contributed by atoms with Gasteiger partial charge in [-0.05, 0) is 12.8 Å². The van der Waals surface area contributed by atoms with Crippen LogP contribution in [0.3, 0.4) is 0 Å². The predicted octanol–water partition coefficient (Wildman–Crippen LogP) is 0.777. The number of rotatable bonds is 0. The van der Waals surface area contributed by atoms with Crippen molar-refractivity contribution in [3.8, 4) is 6.07 Å². The largest absolute Gasteiger partial charge is 0.509 e. The van der Waals surface area contributed by atoms with E-state index in [0.29, 0.717) is 0 Å². The van der Waals surface area contributed by atoms with E-state index in [9.17, 15) is 5.11 Å². The van der Waals surface area contributed by atoms with Gasteiger partial charge < -0.3 is 10.0 Å². The van der Waals surface area contributed by atoms with Crippen LogP contribution < -0.4 is 0 Å². The van der Waals surface area contributed by atoms with Crippen LogP contribution in [0.1, 0.15) is 12.8 Å². The number of aliphatic hydroxyl groups is 1. The van der Waals surface area contributed by atoms with Crippen molar-refractivity contribution in [2.75, 3.05) is 6.54 Å². The quantitative estimate of drug-likeness (QED) is 0.554. The van der Waals surface area contributed by atoms with Gasteiger partial charge >= 0.3 is 0 Å². The topological polar surface area (TPSA) is 71.1 Å². The molecule has 1 saturated heterocycles. The fraction of sp³-hybridized carbons (Fsp3) is 0.500. The van der Waals surface area contributed by atoms with E-state index in [-0.39, 0.29) is 23.2 Å². The van der Waals surface area contributed by atoms with E-state index in [1.165, 1.54) is 0 Å². The maximum absolute atomic E-state index is 9.50. The first-order valence-corrected chi connectivity index (χ1v) is 3.94. The van der Waals surface area contributed by atoms with Crippen molar-refractivity contribution in [2.24, 2.45) is 0 Å². The van der Waals surface area contributed by atoms with Gasteiger partial charge in [0.15, 0.2) is 0 Å². The number of hydrogen-bond donors (Lipinski definition) is 2. The van der Waals surface area contributed by atoms with E-state index in [1.54, 1.807) is 4.90 Å². The first kappa shape index (κ1) is 7.17. The number of nitrogens with zero attached hydrogens (tertiary/aromatic N) is 2. The van der Waals surface area contributed by atoms with Crippen LogP contribution in [0.4, 0.5) is 0 Å². The van der Waals surface area contributed by atoms with Gasteiger partial charge in [0.05, 0.1) is 6.04 Å². The molecule has 0 amide bonds. The Morgan fingerprint density at radius 2 is 2.42 bits per heavy atom. The second-order valence-corrected chi connectivity index (χ2v) is 3.07. The molecule has 12 heavy (non-hydrogen) atoms. The highest BCUT2D eigenvalue weighted by atomic mass is 16.3. The van der Waals surface area contributed by atoms with Crippen molar-refractivity contribution in [3.63, 3.8) is 0 Å². The predicted molar refractivity (Wildman–Crippen MR) is 42.7 cm³/mol. The molecule has 4 heteroatoms. The molecule has 62 valence electrons. The third-order valence-corrected chi connectivity index (χ3v) is 2.46. The number of aliphatic hydroxyl groups excluding tert-OH is 1. The van der Waals surface area contributed by atoms with Crippen LogP contribution in [0.5, 0.6) is 0 Å². The van der Waals surface area contributed by atoms with Crippen LogP contribution in [0.25, 0.3) is 0 Å². The molecule has 2 aliphatic rings. The molecule has 0 aliphatic carbocycles. The second-order valence-electron chi connectivity index (χ2n) is 3.07. The Bertz CT molecular complexity index is 313. The van der Waals surface area contributed by atoms with Crippen LogP contribution in [0.15, 0.2) is 11.3 Å². The van der Waals surface area contributed by atoms with Crippen LogP contribution in [0, 0.1) is 16.7 Å². The first-order chi connectivity index (χ1) is 5.75. The Balaban J connectivity index is 2.42. The highest BCUT2D eigenvalue weighted by Gasteiger charge is 2.39. The Morgan fingerprint density at radius 1 is 1.67 bits per heavy atom. The molecule has 0 bridgehead atoms. The third-order valence-electron chi connectivity index (χ3n) is 2.46. The van der Waals surface area contributed by atoms with E-state index in [1.807, 2.05) is 6.07 Å². The number of nitrogens with one attached hydrogen (secondary N) is 1. The molecule has 0 aromatic carbocycles. The zero-order chi connectivity index (χ0) is 8.72. The van der Waals surface area contributed by atoms with E-state index in [2.05, 4.69) is 0 Å². The summed E-state index contributed by atoms with van der Waals surface area (Å²) in [5, 5.41) is 25.7. The van der Waals surface area contributed by atoms with Gasteiger partial charge in [0.2, 0.25) is 0 Å². The second kappa shape index (κ2) is 2.24. The van der Waals surface area contributed by atoms with Crippen molar-refractivity contribution in [2.45, 2.75) is 18.9 Å². The number of amidine groups is 1. The standard InChI is InChI=1S/C8H9N3O/c9-4-5-7(12)6-2-1-3-11(6)8(5)10/h6,10,12H,1-3H2. The van der Waals surface area contributed by atoms with Gasteiger partial charge in [0.25, 0.3) is 0 Å². The molecule has 0 aromatic heterocycles. The lowest BCUT2D eigenvalue weighted by Crippen LogP contribution is -2.29. The molecule has 1 fully saturated rings. The van der Waals surface area contributed by atoms with E-state index >= 15 is 0 Å². The molecule has 2 aliphatic heterocycles. The van der Waals surface area contributed by atoms with Gasteiger partial charge in [0.1, 0.15) is 23.2 Å². The van der Waals surface area contributed by atoms with Gasteiger partial charge in [-0.3, -0.25) is 5.41 Å². The zero-order valence-corrected chi connectivity index (χ0v) is 6.54. The average Bonchev–Trinajstić information content (AvgIpc) is 2.58. The molecule has 0 aromatic rings. The maximum Gasteiger partial charge on any atom is 0.143 e. The molecule has 2 heterocycles. The number of fused-ring (bicyclic) bond motifs is 1. The smallest absolute Gasteiger partial charge is 0.143 e. The molecule has 2 N–H and O–H groups in total. The van der Waals surface area contributed by atoms with Crippen molar-refractivity contribution in [1.82, 2.24) is 4.90 Å². The maximum atomic E-state index is 9.50. The molecular weight excluding hydrogens is 154 g/mol. The summed E-state index contributed by atoms with van der Waals surface area (Å²) in [6.45, 7) is 0.790. The fourth-order valence-corrected chi connectivity index (χ4v) is 1.86. The molecule has 4 nitrogen and oxygen atoms in total. The van der Waals surface area contributed by atoms with Gasteiger partial charge in [-0.25, -0.2) is 0 Å². The SMILES string of the molecule is N#CC1=C(O)C2CCCN2C1=N. The van der Waals surface area contributed by atoms with Gasteiger partial charge in [-0.15, -0.1) is 0 Å². The molecular formula is C8H9N3O. The minimum absolute atomic E-state index is 0.0767. The minimum Gasteiger partial charge on any atom is -0.509 e. The fourth-order valence-electron chi connectivity index (χ4n) is 1.86. The number of nitriles is 1. The van der Waals surface area contributed by atoms with Gasteiger partial charge in [0, 0.05) is 6.54 Å². The molecule has 0 radical (unpaired) electrons. The van der Waals surface area contributed by atoms with Crippen LogP contribution >= 0.6 is 0 Å². The monoisotopic (exact) mass is 163 g/mol. The van der Waals surface area contributed by atoms with Gasteiger partial charge in [-0.2, -0.15) is 5.26 Å². The van der Waals surface area contributed by atoms with Crippen LogP contribution in [0.2, 0.25) is 0 Å². The summed E-state index contributed by atoms with van der Waals surface area (Å²) >= 11 is 0. The molecule has 1 unspecified atom stereocenters. The van der Waals surface area contributed by atoms with Crippen molar-refractivity contribution < 1.29 is 5.11 Å². The summed E-state index contributed by atoms with van der Waals surface area (Å²) in [4.78, 5) is 1.79. The lowest BCUT2D eigenvalue weighted by Gasteiger charge is -2.16. The van der Waals surface area contributed by atoms with E-state index in [0.717, 1.165) is 19.4 Å². The zero-order valence-electron chi connectivity index (χ0n) is 6.54. The van der Waals surface area contributed by atoms with Crippen molar-refractivity contribution >= 4 is 5.84 Å². The van der Waals surface area contributed by atoms with E-state index in [4.69, 9.17) is 10.7 Å².